The average molecular weight is 557 g/mol. The summed E-state index contributed by atoms with van der Waals surface area (Å²) in [6.07, 6.45) is 30.9. The molecule has 0 amide bonds. The van der Waals surface area contributed by atoms with Crippen molar-refractivity contribution in [3.63, 3.8) is 0 Å². The third-order valence-electron chi connectivity index (χ3n) is 12.4. The van der Waals surface area contributed by atoms with Gasteiger partial charge in [-0.2, -0.15) is 0 Å². The Morgan fingerprint density at radius 1 is 0.800 bits per heavy atom. The topological polar surface area (TPSA) is 35.5 Å². The van der Waals surface area contributed by atoms with Crippen LogP contribution in [0.3, 0.4) is 0 Å². The zero-order valence-electron chi connectivity index (χ0n) is 27.0. The van der Waals surface area contributed by atoms with E-state index in [2.05, 4.69) is 33.8 Å². The van der Waals surface area contributed by atoms with E-state index in [1.54, 1.807) is 5.57 Å². The van der Waals surface area contributed by atoms with Crippen LogP contribution in [0, 0.1) is 34.5 Å². The highest BCUT2D eigenvalue weighted by Crippen LogP contribution is 2.66. The third kappa shape index (κ3) is 7.69. The lowest BCUT2D eigenvalue weighted by Gasteiger charge is -2.58. The third-order valence-corrected chi connectivity index (χ3v) is 12.4. The highest BCUT2D eigenvalue weighted by Gasteiger charge is 2.58. The number of ether oxygens (including phenoxy) is 2. The van der Waals surface area contributed by atoms with Crippen molar-refractivity contribution in [3.8, 4) is 0 Å². The second-order valence-corrected chi connectivity index (χ2v) is 14.8. The van der Waals surface area contributed by atoms with Crippen LogP contribution in [0.2, 0.25) is 0 Å². The number of fused-ring (bicyclic) bond motifs is 5. The Morgan fingerprint density at radius 3 is 2.20 bits per heavy atom. The molecule has 4 aliphatic rings. The molecule has 0 saturated heterocycles. The number of hydrogen-bond acceptors (Lipinski definition) is 3. The van der Waals surface area contributed by atoms with E-state index >= 15 is 0 Å². The Hall–Kier alpha value is -0.990. The molecule has 7 atom stereocenters. The summed E-state index contributed by atoms with van der Waals surface area (Å²) in [5, 5.41) is 0. The van der Waals surface area contributed by atoms with E-state index in [4.69, 9.17) is 9.47 Å². The van der Waals surface area contributed by atoms with Gasteiger partial charge < -0.3 is 9.47 Å². The van der Waals surface area contributed by atoms with Gasteiger partial charge in [0.25, 0.3) is 0 Å². The molecule has 40 heavy (non-hydrogen) atoms. The molecule has 0 N–H and O–H groups in total. The molecule has 4 rings (SSSR count). The summed E-state index contributed by atoms with van der Waals surface area (Å²) in [6.45, 7) is 10.3. The highest BCUT2D eigenvalue weighted by atomic mass is 16.7. The van der Waals surface area contributed by atoms with Gasteiger partial charge in [0.15, 0.2) is 0 Å². The molecule has 230 valence electrons. The van der Waals surface area contributed by atoms with Crippen molar-refractivity contribution < 1.29 is 14.3 Å². The molecule has 3 nitrogen and oxygen atoms in total. The zero-order chi connectivity index (χ0) is 28.4. The highest BCUT2D eigenvalue weighted by molar-refractivity contribution is 5.60. The maximum Gasteiger partial charge on any atom is 0.508 e. The standard InChI is InChI=1S/C37H64O3/c1-5-7-9-11-13-15-17-27-39-35(38)40-31-23-25-37(4)30(28-31)19-21-32-33-22-20-29(18-16-14-12-10-8-6-2)36(33,3)26-24-34(32)37/h19,29,31-34H,5-18,20-28H2,1-4H3. The van der Waals surface area contributed by atoms with Gasteiger partial charge in [-0.3, -0.25) is 0 Å². The Morgan fingerprint density at radius 2 is 1.48 bits per heavy atom. The predicted octanol–water partition coefficient (Wildman–Crippen LogP) is 11.6. The van der Waals surface area contributed by atoms with Crippen LogP contribution in [0.1, 0.15) is 169 Å². The van der Waals surface area contributed by atoms with Crippen molar-refractivity contribution in [1.29, 1.82) is 0 Å². The minimum absolute atomic E-state index is 0.000498. The first-order valence-corrected chi connectivity index (χ1v) is 17.9. The maximum absolute atomic E-state index is 12.4. The molecular weight excluding hydrogens is 492 g/mol. The first-order valence-electron chi connectivity index (χ1n) is 17.9. The molecule has 3 heteroatoms. The predicted molar refractivity (Wildman–Crippen MR) is 167 cm³/mol. The molecule has 3 saturated carbocycles. The van der Waals surface area contributed by atoms with Gasteiger partial charge in [0, 0.05) is 6.42 Å². The number of allylic oxidation sites excluding steroid dienone is 1. The van der Waals surface area contributed by atoms with Gasteiger partial charge in [-0.05, 0) is 92.3 Å². The SMILES string of the molecule is CCCCCCCCCOC(=O)OC1CCC2(C)C(=CCC3C2CCC2(C)C(CCCCCCCC)CCC32)C1. The van der Waals surface area contributed by atoms with E-state index in [0.717, 1.165) is 49.4 Å². The van der Waals surface area contributed by atoms with Crippen LogP contribution in [-0.4, -0.2) is 18.9 Å². The second kappa shape index (κ2) is 15.5. The quantitative estimate of drug-likeness (QED) is 0.108. The normalized spacial score (nSPS) is 34.9. The summed E-state index contributed by atoms with van der Waals surface area (Å²) in [5.41, 5.74) is 2.48. The summed E-state index contributed by atoms with van der Waals surface area (Å²) in [6, 6.07) is 0. The molecule has 4 aliphatic carbocycles. The fourth-order valence-corrected chi connectivity index (χ4v) is 9.87. The Kier molecular flexibility index (Phi) is 12.4. The van der Waals surface area contributed by atoms with Gasteiger partial charge in [-0.25, -0.2) is 4.79 Å². The van der Waals surface area contributed by atoms with Crippen LogP contribution in [0.5, 0.6) is 0 Å². The Balaban J connectivity index is 1.22. The van der Waals surface area contributed by atoms with Crippen molar-refractivity contribution in [2.75, 3.05) is 6.61 Å². The van der Waals surface area contributed by atoms with Gasteiger partial charge in [0.05, 0.1) is 6.61 Å². The number of unbranched alkanes of at least 4 members (excludes halogenated alkanes) is 11. The van der Waals surface area contributed by atoms with E-state index in [1.165, 1.54) is 116 Å². The minimum Gasteiger partial charge on any atom is -0.434 e. The lowest BCUT2D eigenvalue weighted by Crippen LogP contribution is -2.50. The van der Waals surface area contributed by atoms with Crippen LogP contribution in [0.15, 0.2) is 11.6 Å². The summed E-state index contributed by atoms with van der Waals surface area (Å²) < 4.78 is 11.3. The molecule has 0 aromatic carbocycles. The van der Waals surface area contributed by atoms with Gasteiger partial charge in [0.2, 0.25) is 0 Å². The molecular formula is C37H64O3. The van der Waals surface area contributed by atoms with Crippen molar-refractivity contribution in [3.05, 3.63) is 11.6 Å². The monoisotopic (exact) mass is 556 g/mol. The Bertz CT molecular complexity index is 803. The van der Waals surface area contributed by atoms with Crippen molar-refractivity contribution in [1.82, 2.24) is 0 Å². The fourth-order valence-electron chi connectivity index (χ4n) is 9.87. The van der Waals surface area contributed by atoms with E-state index in [9.17, 15) is 4.79 Å². The fraction of sp³-hybridized carbons (Fsp3) is 0.919. The molecule has 3 fully saturated rings. The van der Waals surface area contributed by atoms with Gasteiger partial charge in [-0.1, -0.05) is 116 Å². The van der Waals surface area contributed by atoms with Crippen LogP contribution in [-0.2, 0) is 9.47 Å². The molecule has 7 unspecified atom stereocenters. The first-order chi connectivity index (χ1) is 19.4. The van der Waals surface area contributed by atoms with Crippen LogP contribution in [0.4, 0.5) is 4.79 Å². The summed E-state index contributed by atoms with van der Waals surface area (Å²) >= 11 is 0. The molecule has 0 spiro atoms. The van der Waals surface area contributed by atoms with Gasteiger partial charge >= 0.3 is 6.16 Å². The smallest absolute Gasteiger partial charge is 0.434 e. The van der Waals surface area contributed by atoms with E-state index in [-0.39, 0.29) is 6.10 Å². The van der Waals surface area contributed by atoms with E-state index < -0.39 is 6.16 Å². The second-order valence-electron chi connectivity index (χ2n) is 14.8. The van der Waals surface area contributed by atoms with Crippen LogP contribution in [0.25, 0.3) is 0 Å². The summed E-state index contributed by atoms with van der Waals surface area (Å²) in [7, 11) is 0. The Labute approximate surface area is 248 Å². The molecule has 0 aromatic heterocycles. The van der Waals surface area contributed by atoms with Gasteiger partial charge in [0.1, 0.15) is 6.10 Å². The van der Waals surface area contributed by atoms with E-state index in [1.807, 2.05) is 0 Å². The number of rotatable bonds is 16. The number of carbonyl (C=O) groups excluding carboxylic acids is 1. The molecule has 0 aromatic rings. The number of carbonyl (C=O) groups is 1. The lowest BCUT2D eigenvalue weighted by molar-refractivity contribution is -0.0563. The van der Waals surface area contributed by atoms with Gasteiger partial charge in [-0.15, -0.1) is 0 Å². The largest absolute Gasteiger partial charge is 0.508 e. The zero-order valence-corrected chi connectivity index (χ0v) is 27.0. The first kappa shape index (κ1) is 31.9. The van der Waals surface area contributed by atoms with Crippen LogP contribution < -0.4 is 0 Å². The molecule has 0 heterocycles. The van der Waals surface area contributed by atoms with E-state index in [0.29, 0.717) is 17.4 Å². The maximum atomic E-state index is 12.4. The molecule has 0 aliphatic heterocycles. The summed E-state index contributed by atoms with van der Waals surface area (Å²) in [5.74, 6) is 3.57. The van der Waals surface area contributed by atoms with Crippen LogP contribution >= 0.6 is 0 Å². The van der Waals surface area contributed by atoms with Crippen molar-refractivity contribution in [2.24, 2.45) is 34.5 Å². The molecule has 0 radical (unpaired) electrons. The average Bonchev–Trinajstić information content (AvgIpc) is 3.28. The minimum atomic E-state index is -0.440. The lowest BCUT2D eigenvalue weighted by atomic mass is 9.47. The summed E-state index contributed by atoms with van der Waals surface area (Å²) in [4.78, 5) is 12.4. The number of hydrogen-bond donors (Lipinski definition) is 0. The molecule has 0 bridgehead atoms. The van der Waals surface area contributed by atoms with Crippen molar-refractivity contribution in [2.45, 2.75) is 175 Å². The van der Waals surface area contributed by atoms with Crippen molar-refractivity contribution >= 4 is 6.16 Å².